The van der Waals surface area contributed by atoms with Gasteiger partial charge in [-0.15, -0.1) is 0 Å². The Morgan fingerprint density at radius 3 is 1.29 bits per heavy atom. The first-order valence-corrected chi connectivity index (χ1v) is 13.8. The maximum Gasteiger partial charge on any atom is 0.336 e. The maximum atomic E-state index is 10.3. The summed E-state index contributed by atoms with van der Waals surface area (Å²) >= 11 is 0. The molecule has 4 aromatic carbocycles. The number of aliphatic carboxylic acids is 3. The van der Waals surface area contributed by atoms with Gasteiger partial charge in [-0.25, -0.2) is 9.78 Å². The smallest absolute Gasteiger partial charge is 0.336 e. The number of pyridine rings is 2. The molecule has 15 heteroatoms. The lowest BCUT2D eigenvalue weighted by Crippen LogP contribution is -3.00. The van der Waals surface area contributed by atoms with E-state index in [4.69, 9.17) is 43.4 Å². The number of carboxylic acid groups (broad SMARTS) is 3. The fraction of sp³-hybridized carbons (Fsp3) is 0.121. The number of aliphatic hydroxyl groups is 1. The molecule has 48 heavy (non-hydrogen) atoms. The molecule has 0 radical (unpaired) electrons. The highest BCUT2D eigenvalue weighted by molar-refractivity contribution is 5.95. The molecule has 0 spiro atoms. The minimum atomic E-state index is -2.74. The monoisotopic (exact) mass is 695 g/mol. The number of fused-ring (bicyclic) bond motifs is 4. The van der Waals surface area contributed by atoms with E-state index in [1.54, 1.807) is 0 Å². The molecule has 2 aromatic heterocycles. The number of rotatable bonds is 5. The van der Waals surface area contributed by atoms with E-state index in [-0.39, 0.29) is 24.8 Å². The van der Waals surface area contributed by atoms with Gasteiger partial charge in [-0.3, -0.25) is 9.59 Å². The number of hydrogen-bond donors (Lipinski definition) is 8. The van der Waals surface area contributed by atoms with Crippen molar-refractivity contribution in [3.8, 4) is 0 Å². The second kappa shape index (κ2) is 15.8. The second-order valence-electron chi connectivity index (χ2n) is 10.7. The van der Waals surface area contributed by atoms with Crippen molar-refractivity contribution in [3.63, 3.8) is 0 Å². The van der Waals surface area contributed by atoms with E-state index in [1.807, 2.05) is 79.8 Å². The number of nitrogens with two attached hydrogens (primary N) is 4. The molecule has 6 aromatic rings. The fourth-order valence-electron chi connectivity index (χ4n) is 4.81. The Balaban J connectivity index is 0.000000248. The highest BCUT2D eigenvalue weighted by Gasteiger charge is 2.40. The van der Waals surface area contributed by atoms with Gasteiger partial charge in [0, 0.05) is 56.4 Å². The topological polar surface area (TPSA) is 253 Å². The average Bonchev–Trinajstić information content (AvgIpc) is 2.97. The Morgan fingerprint density at radius 1 is 0.604 bits per heavy atom. The van der Waals surface area contributed by atoms with Gasteiger partial charge in [0.15, 0.2) is 5.60 Å². The van der Waals surface area contributed by atoms with Crippen LogP contribution in [-0.4, -0.2) is 48.9 Å². The van der Waals surface area contributed by atoms with Crippen molar-refractivity contribution in [2.24, 2.45) is 7.05 Å². The van der Waals surface area contributed by atoms with Crippen LogP contribution in [0.3, 0.4) is 0 Å². The standard InChI is InChI=1S/C14H13N3.C13H11N3.C6H8O7.2ClH/c1-17-13-7-11(15)4-2-9(13)6-10-3-5-12(16)8-14(10)17;14-10-3-1-8-5-9-2-4-11(15)7-13(9)16-12(8)6-10;7-3(8)1-6(13,5(11)12)2-4(9)10;;/h2-8H,1H3,(H3,15,16);1-7H,14-15H2;13H,1-2H2,(H,7,8)(H,9,10)(H,11,12);2*1H/p-1. The largest absolute Gasteiger partial charge is 1.00 e. The van der Waals surface area contributed by atoms with Crippen LogP contribution in [-0.2, 0) is 21.4 Å². The molecule has 6 rings (SSSR count). The first-order chi connectivity index (χ1) is 21.6. The van der Waals surface area contributed by atoms with Gasteiger partial charge in [-0.1, -0.05) is 12.1 Å². The summed E-state index contributed by atoms with van der Waals surface area (Å²) in [5.41, 5.74) is 27.4. The summed E-state index contributed by atoms with van der Waals surface area (Å²) in [6, 6.07) is 27.6. The van der Waals surface area contributed by atoms with Gasteiger partial charge >= 0.3 is 17.9 Å². The summed E-state index contributed by atoms with van der Waals surface area (Å²) in [6.07, 6.45) is -2.29. The van der Waals surface area contributed by atoms with E-state index in [1.165, 1.54) is 10.8 Å². The zero-order chi connectivity index (χ0) is 33.8. The molecule has 2 heterocycles. The van der Waals surface area contributed by atoms with Crippen LogP contribution in [0.25, 0.3) is 43.6 Å². The lowest BCUT2D eigenvalue weighted by molar-refractivity contribution is -0.617. The minimum absolute atomic E-state index is 0. The van der Waals surface area contributed by atoms with E-state index in [9.17, 15) is 14.4 Å². The fourth-order valence-corrected chi connectivity index (χ4v) is 4.81. The van der Waals surface area contributed by atoms with Crippen LogP contribution < -0.4 is 52.3 Å². The number of carboxylic acids is 3. The predicted molar refractivity (Wildman–Crippen MR) is 177 cm³/mol. The summed E-state index contributed by atoms with van der Waals surface area (Å²) in [4.78, 5) is 35.0. The zero-order valence-corrected chi connectivity index (χ0v) is 27.0. The maximum absolute atomic E-state index is 10.3. The molecule has 13 nitrogen and oxygen atoms in total. The van der Waals surface area contributed by atoms with Crippen molar-refractivity contribution < 1.29 is 64.2 Å². The molecule has 0 amide bonds. The number of nitrogen functional groups attached to an aromatic ring is 4. The van der Waals surface area contributed by atoms with Crippen molar-refractivity contribution >= 4 is 84.3 Å². The summed E-state index contributed by atoms with van der Waals surface area (Å²) < 4.78 is 2.12. The number of hydrogen-bond acceptors (Lipinski definition) is 9. The van der Waals surface area contributed by atoms with Crippen LogP contribution in [0.5, 0.6) is 0 Å². The predicted octanol–water partition coefficient (Wildman–Crippen LogP) is -2.71. The Labute approximate surface area is 286 Å². The zero-order valence-electron chi connectivity index (χ0n) is 25.5. The third-order valence-electron chi connectivity index (χ3n) is 7.09. The Morgan fingerprint density at radius 2 is 0.938 bits per heavy atom. The van der Waals surface area contributed by atoms with Gasteiger partial charge in [0.2, 0.25) is 11.0 Å². The number of carbonyl (C=O) groups is 3. The number of nitrogens with zero attached hydrogens (tertiary/aromatic N) is 2. The molecule has 0 fully saturated rings. The van der Waals surface area contributed by atoms with Crippen LogP contribution in [0.4, 0.5) is 22.7 Å². The van der Waals surface area contributed by atoms with Crippen molar-refractivity contribution in [2.75, 3.05) is 22.9 Å². The molecule has 0 aliphatic heterocycles. The minimum Gasteiger partial charge on any atom is -1.00 e. The molecule has 0 atom stereocenters. The molecule has 0 unspecified atom stereocenters. The summed E-state index contributed by atoms with van der Waals surface area (Å²) in [6.45, 7) is 0. The molecule has 0 bridgehead atoms. The first kappa shape index (κ1) is 38.6. The van der Waals surface area contributed by atoms with Crippen LogP contribution in [0.2, 0.25) is 0 Å². The van der Waals surface area contributed by atoms with Crippen molar-refractivity contribution in [1.82, 2.24) is 4.98 Å². The highest BCUT2D eigenvalue weighted by atomic mass is 35.5. The molecule has 12 N–H and O–H groups in total. The Bertz CT molecular complexity index is 2010. The number of aromatic nitrogens is 2. The summed E-state index contributed by atoms with van der Waals surface area (Å²) in [7, 11) is 2.03. The van der Waals surface area contributed by atoms with Crippen molar-refractivity contribution in [1.29, 1.82) is 0 Å². The van der Waals surface area contributed by atoms with Gasteiger partial charge in [0.05, 0.1) is 23.9 Å². The Kier molecular flexibility index (Phi) is 12.7. The first-order valence-electron chi connectivity index (χ1n) is 13.8. The lowest BCUT2D eigenvalue weighted by atomic mass is 9.96. The molecule has 0 aliphatic rings. The quantitative estimate of drug-likeness (QED) is 0.0521. The third kappa shape index (κ3) is 9.22. The number of halogens is 2. The average molecular weight is 697 g/mol. The second-order valence-corrected chi connectivity index (χ2v) is 10.7. The molecular weight excluding hydrogens is 663 g/mol. The third-order valence-corrected chi connectivity index (χ3v) is 7.09. The van der Waals surface area contributed by atoms with Gasteiger partial charge in [0.25, 0.3) is 0 Å². The van der Waals surface area contributed by atoms with Gasteiger partial charge in [-0.05, 0) is 60.7 Å². The number of anilines is 4. The SMILES string of the molecule is C[n+]1c2cc(N)ccc2cc2ccc(N)cc21.Nc1ccc2cc3ccc(N)cc3nc2c1.O=C(O)CC(O)(CC(=O)O)C(=O)O.[Cl-].[Cl-]. The number of benzene rings is 4. The highest BCUT2D eigenvalue weighted by Crippen LogP contribution is 2.23. The van der Waals surface area contributed by atoms with E-state index in [2.05, 4.69) is 21.7 Å². The lowest BCUT2D eigenvalue weighted by Gasteiger charge is -2.18. The van der Waals surface area contributed by atoms with E-state index < -0.39 is 36.4 Å². The summed E-state index contributed by atoms with van der Waals surface area (Å²) in [5, 5.41) is 38.3. The normalized spacial score (nSPS) is 10.5. The Hall–Kier alpha value is -5.63. The van der Waals surface area contributed by atoms with Gasteiger partial charge in [-0.2, -0.15) is 4.57 Å². The van der Waals surface area contributed by atoms with E-state index in [0.717, 1.165) is 55.6 Å². The van der Waals surface area contributed by atoms with Crippen LogP contribution >= 0.6 is 0 Å². The molecule has 0 saturated carbocycles. The van der Waals surface area contributed by atoms with Crippen LogP contribution in [0.1, 0.15) is 12.8 Å². The molecular formula is C33H33Cl2N6O7-. The summed E-state index contributed by atoms with van der Waals surface area (Å²) in [5.74, 6) is -5.02. The number of aryl methyl sites for hydroxylation is 1. The van der Waals surface area contributed by atoms with Crippen molar-refractivity contribution in [3.05, 3.63) is 84.9 Å². The van der Waals surface area contributed by atoms with E-state index in [0.29, 0.717) is 0 Å². The van der Waals surface area contributed by atoms with Crippen molar-refractivity contribution in [2.45, 2.75) is 18.4 Å². The molecule has 0 aliphatic carbocycles. The van der Waals surface area contributed by atoms with Crippen LogP contribution in [0.15, 0.2) is 84.9 Å². The van der Waals surface area contributed by atoms with Crippen LogP contribution in [0, 0.1) is 0 Å². The molecule has 0 saturated heterocycles. The molecule has 252 valence electrons. The van der Waals surface area contributed by atoms with Gasteiger partial charge in [0.1, 0.15) is 7.05 Å². The van der Waals surface area contributed by atoms with Gasteiger partial charge < -0.3 is 68.2 Å². The van der Waals surface area contributed by atoms with E-state index >= 15 is 0 Å².